The number of hydrogen-bond acceptors (Lipinski definition) is 18. The molecule has 0 saturated carbocycles. The summed E-state index contributed by atoms with van der Waals surface area (Å²) in [6.45, 7) is 75.6. The van der Waals surface area contributed by atoms with Gasteiger partial charge in [0.05, 0.1) is 102 Å². The van der Waals surface area contributed by atoms with Crippen LogP contribution in [-0.2, 0) is 46.4 Å². The Kier molecular flexibility index (Phi) is 60.6. The Bertz CT molecular complexity index is 3080. The molecule has 0 saturated heterocycles. The van der Waals surface area contributed by atoms with E-state index in [-0.39, 0.29) is 133 Å². The normalized spacial score (nSPS) is 14.0. The molecule has 94 heavy (non-hydrogen) atoms. The SMILES string of the molecule is NCCOCCO.O.O=P(Cl)(Cl)Cl.[C-]#[N+]C([N+]#[C-])=C1C=C(C)N(CCOCCO)C(C)=C1.[C-]#[N+]C([N+]#[C-])=C1C=C(C)N(CCOCCOP(=O)(Cl)Cl)C(C)=C1.[C-]#[N+]C([N+]#[C-])=C1C=C(C)N(CCOCCOP(=O)([O-])O)C(C)=C1.[C-]#[N+]C([N+]#[C-])=C1C=C(C)OC(C)=C1.[Na+].[Na+].[OH-]. The van der Waals surface area contributed by atoms with Crippen molar-refractivity contribution >= 4 is 75.3 Å². The van der Waals surface area contributed by atoms with Gasteiger partial charge in [0, 0.05) is 60.4 Å². The van der Waals surface area contributed by atoms with Gasteiger partial charge in [0.25, 0.3) is 7.82 Å². The Labute approximate surface area is 618 Å². The van der Waals surface area contributed by atoms with Crippen LogP contribution < -0.4 is 69.7 Å². The van der Waals surface area contributed by atoms with Crippen molar-refractivity contribution in [2.45, 2.75) is 55.4 Å². The number of allylic oxidation sites excluding steroid dienone is 20. The number of aliphatic hydroxyl groups is 2. The van der Waals surface area contributed by atoms with Crippen LogP contribution in [0.15, 0.2) is 140 Å². The van der Waals surface area contributed by atoms with E-state index in [0.717, 1.165) is 34.2 Å². The molecule has 504 valence electrons. The minimum atomic E-state index is -4.70. The van der Waals surface area contributed by atoms with Gasteiger partial charge in [-0.3, -0.25) is 13.7 Å². The Morgan fingerprint density at radius 1 is 0.468 bits per heavy atom. The van der Waals surface area contributed by atoms with Crippen LogP contribution in [0.4, 0.5) is 0 Å². The van der Waals surface area contributed by atoms with Crippen molar-refractivity contribution < 1.29 is 136 Å². The van der Waals surface area contributed by atoms with Crippen molar-refractivity contribution in [2.24, 2.45) is 5.73 Å². The van der Waals surface area contributed by atoms with E-state index in [4.69, 9.17) is 124 Å². The molecule has 0 bridgehead atoms. The zero-order valence-electron chi connectivity index (χ0n) is 53.4. The van der Waals surface area contributed by atoms with Gasteiger partial charge in [0.1, 0.15) is 64.1 Å². The van der Waals surface area contributed by atoms with Crippen molar-refractivity contribution in [3.8, 4) is 0 Å². The van der Waals surface area contributed by atoms with Crippen LogP contribution >= 0.6 is 75.3 Å². The third-order valence-electron chi connectivity index (χ3n) is 10.7. The zero-order chi connectivity index (χ0) is 69.0. The Morgan fingerprint density at radius 3 is 0.926 bits per heavy atom. The monoisotopic (exact) mass is 1480 g/mol. The smallest absolute Gasteiger partial charge is 0.870 e. The van der Waals surface area contributed by atoms with Crippen LogP contribution in [0.1, 0.15) is 55.4 Å². The van der Waals surface area contributed by atoms with Gasteiger partial charge in [0.2, 0.25) is 0 Å². The van der Waals surface area contributed by atoms with E-state index in [1.807, 2.05) is 63.5 Å². The molecule has 0 aromatic heterocycles. The summed E-state index contributed by atoms with van der Waals surface area (Å²) in [4.78, 5) is 50.4. The summed E-state index contributed by atoms with van der Waals surface area (Å²) >= 11 is 24.3. The van der Waals surface area contributed by atoms with Crippen molar-refractivity contribution in [2.75, 3.05) is 105 Å². The van der Waals surface area contributed by atoms with E-state index in [1.165, 1.54) is 0 Å². The molecule has 38 heteroatoms. The summed E-state index contributed by atoms with van der Waals surface area (Å²) < 4.78 is 65.5. The fourth-order valence-corrected chi connectivity index (χ4v) is 8.27. The van der Waals surface area contributed by atoms with Crippen LogP contribution in [0.2, 0.25) is 0 Å². The van der Waals surface area contributed by atoms with Crippen LogP contribution in [0.3, 0.4) is 0 Å². The Hall–Kier alpha value is -4.38. The third kappa shape index (κ3) is 47.5. The predicted octanol–water partition coefficient (Wildman–Crippen LogP) is 6.25. The van der Waals surface area contributed by atoms with Gasteiger partial charge in [0.15, 0.2) is 0 Å². The first-order chi connectivity index (χ1) is 42.3. The maximum absolute atomic E-state index is 10.9. The third-order valence-corrected chi connectivity index (χ3v) is 12.3. The van der Waals surface area contributed by atoms with E-state index in [0.29, 0.717) is 99.6 Å². The largest absolute Gasteiger partial charge is 1.00 e. The summed E-state index contributed by atoms with van der Waals surface area (Å²) in [5, 5.41) is 13.5. The second kappa shape index (κ2) is 56.6. The maximum Gasteiger partial charge on any atom is 1.00 e. The number of halogens is 5. The van der Waals surface area contributed by atoms with Crippen molar-refractivity contribution in [1.29, 1.82) is 0 Å². The summed E-state index contributed by atoms with van der Waals surface area (Å²) in [5.74, 6) is 1.68. The van der Waals surface area contributed by atoms with Crippen molar-refractivity contribution in [1.82, 2.24) is 14.7 Å². The Morgan fingerprint density at radius 2 is 0.702 bits per heavy atom. The first kappa shape index (κ1) is 101. The fraction of sp³-hybridized carbons (Fsp3) is 0.429. The first-order valence-electron chi connectivity index (χ1n) is 26.0. The van der Waals surface area contributed by atoms with E-state index >= 15 is 0 Å². The molecular weight excluding hydrogens is 1410 g/mol. The molecule has 4 aliphatic heterocycles. The standard InChI is InChI=1S/C14H16Cl2N3O3P.C14H18N3O5P.C14H17N3O2.C10H8N2O.C4H11NO2.Cl3OP.2Na.2H2O/c1-11-9-13(14(17-3)18-4)10-12(2)19(11)5-6-21-7-8-22-23(15,16)20;1-11-9-13(14(15-3)16-4)10-12(2)17(11)5-6-21-7-8-22-23(18,19)20;1-11-9-13(14(15-3)16-4)10-12(2)17(11)5-7-19-8-6-18;1-7-5-9(6-8(2)13-7)10(11-3)12-4;5-1-3-7-4-2-6;1-5(2,3)4;;;;/h9-10H,5-8H2,1-2H3;9-10H,5-8H2,1-2H3,(H2,18,19,20);9-10,18H,5-8H2,1-2H3;5-6H,1-2H3;6H,1-5H2;;;;2*1H2/q;;;;;;2*+1;;/p-2. The molecule has 4 rings (SSSR count). The van der Waals surface area contributed by atoms with Crippen LogP contribution in [0.25, 0.3) is 38.8 Å². The molecule has 0 radical (unpaired) electrons. The van der Waals surface area contributed by atoms with Crippen LogP contribution in [-0.4, -0.2) is 146 Å². The molecule has 0 amide bonds. The number of phosphoric acid groups is 1. The first-order valence-corrected chi connectivity index (χ1v) is 35.3. The summed E-state index contributed by atoms with van der Waals surface area (Å²) in [6, 6.07) is 0. The number of ether oxygens (including phenoxy) is 5. The molecule has 0 aromatic carbocycles. The number of phosphoric ester groups is 1. The van der Waals surface area contributed by atoms with E-state index in [2.05, 4.69) is 81.9 Å². The maximum atomic E-state index is 10.9. The van der Waals surface area contributed by atoms with Crippen LogP contribution in [0.5, 0.6) is 0 Å². The van der Waals surface area contributed by atoms with Gasteiger partial charge in [-0.2, -0.15) is 38.8 Å². The number of rotatable bonds is 23. The summed E-state index contributed by atoms with van der Waals surface area (Å²) in [7, 11) is -4.70. The molecule has 28 nitrogen and oxygen atoms in total. The number of aliphatic hydroxyl groups excluding tert-OH is 2. The molecule has 0 spiro atoms. The average molecular weight is 1490 g/mol. The molecule has 1 atom stereocenters. The van der Waals surface area contributed by atoms with Crippen LogP contribution in [0, 0.1) is 52.6 Å². The molecule has 0 aliphatic carbocycles. The number of nitrogens with zero attached hydrogens (tertiary/aromatic N) is 11. The minimum absolute atomic E-state index is 0. The predicted molar refractivity (Wildman–Crippen MR) is 350 cm³/mol. The molecule has 4 aliphatic rings. The minimum Gasteiger partial charge on any atom is -0.870 e. The molecule has 8 N–H and O–H groups in total. The van der Waals surface area contributed by atoms with Gasteiger partial charge < -0.3 is 84.1 Å². The zero-order valence-corrected chi connectivity index (χ0v) is 63.9. The molecule has 0 aromatic rings. The summed E-state index contributed by atoms with van der Waals surface area (Å²) in [5.41, 5.74) is 13.1. The fourth-order valence-electron chi connectivity index (χ4n) is 7.26. The van der Waals surface area contributed by atoms with Gasteiger partial charge in [-0.25, -0.2) is 0 Å². The number of hydrogen-bond donors (Lipinski definition) is 4. The van der Waals surface area contributed by atoms with E-state index in [9.17, 15) is 18.6 Å². The molecule has 0 fully saturated rings. The van der Waals surface area contributed by atoms with E-state index in [1.54, 1.807) is 50.3 Å². The molecule has 4 heterocycles. The number of nitrogens with two attached hydrogens (primary N) is 1. The van der Waals surface area contributed by atoms with Crippen molar-refractivity contribution in [3.05, 3.63) is 231 Å². The summed E-state index contributed by atoms with van der Waals surface area (Å²) in [6.07, 6.45) is 10.7. The van der Waals surface area contributed by atoms with Gasteiger partial charge >= 0.3 is 93.7 Å². The Balaban J connectivity index is -0.000000259. The quantitative estimate of drug-likeness (QED) is 0.0380. The van der Waals surface area contributed by atoms with E-state index < -0.39 is 19.1 Å². The van der Waals surface area contributed by atoms with Crippen molar-refractivity contribution in [3.63, 3.8) is 0 Å². The van der Waals surface area contributed by atoms with Gasteiger partial charge in [-0.05, 0) is 160 Å². The molecular formula is C56H72Cl5N12Na2O16P3. The van der Waals surface area contributed by atoms with Gasteiger partial charge in [-0.1, -0.05) is 0 Å². The van der Waals surface area contributed by atoms with Gasteiger partial charge in [-0.15, -0.1) is 0 Å². The topological polar surface area (TPSA) is 332 Å². The average Bonchev–Trinajstić information content (AvgIpc) is 0.875. The molecule has 1 unspecified atom stereocenters. The second-order valence-corrected chi connectivity index (χ2v) is 29.5. The second-order valence-electron chi connectivity index (χ2n) is 17.4.